The zero-order valence-electron chi connectivity index (χ0n) is 21.3. The van der Waals surface area contributed by atoms with E-state index in [9.17, 15) is 4.79 Å². The van der Waals surface area contributed by atoms with Crippen molar-refractivity contribution in [1.82, 2.24) is 20.3 Å². The summed E-state index contributed by atoms with van der Waals surface area (Å²) in [6.45, 7) is 6.92. The van der Waals surface area contributed by atoms with Gasteiger partial charge >= 0.3 is 0 Å². The normalized spacial score (nSPS) is 19.2. The fourth-order valence-electron chi connectivity index (χ4n) is 5.17. The van der Waals surface area contributed by atoms with Crippen LogP contribution in [0.4, 0.5) is 29.0 Å². The molecule has 2 aromatic heterocycles. The van der Waals surface area contributed by atoms with Gasteiger partial charge in [0.2, 0.25) is 11.9 Å². The van der Waals surface area contributed by atoms with Gasteiger partial charge in [-0.15, -0.1) is 0 Å². The lowest BCUT2D eigenvalue weighted by molar-refractivity contribution is -0.117. The van der Waals surface area contributed by atoms with Crippen LogP contribution in [-0.4, -0.2) is 54.7 Å². The maximum atomic E-state index is 12.2. The molecule has 4 heterocycles. The maximum absolute atomic E-state index is 12.2. The van der Waals surface area contributed by atoms with Crippen molar-refractivity contribution in [3.05, 3.63) is 59.4 Å². The van der Waals surface area contributed by atoms with Gasteiger partial charge in [-0.2, -0.15) is 4.98 Å². The highest BCUT2D eigenvalue weighted by Gasteiger charge is 2.42. The molecule has 2 aliphatic heterocycles. The molecular formula is C27H33N7O2. The molecule has 0 unspecified atom stereocenters. The van der Waals surface area contributed by atoms with E-state index in [-0.39, 0.29) is 11.3 Å². The second-order valence-electron chi connectivity index (χ2n) is 9.80. The second kappa shape index (κ2) is 9.83. The Kier molecular flexibility index (Phi) is 6.59. The number of fused-ring (bicyclic) bond motifs is 1. The van der Waals surface area contributed by atoms with E-state index in [0.717, 1.165) is 52.8 Å². The molecule has 1 fully saturated rings. The minimum atomic E-state index is -0.260. The minimum Gasteiger partial charge on any atom is -0.384 e. The molecular weight excluding hydrogens is 454 g/mol. The number of nitrogens with one attached hydrogen (secondary N) is 2. The van der Waals surface area contributed by atoms with Crippen LogP contribution in [-0.2, 0) is 21.5 Å². The summed E-state index contributed by atoms with van der Waals surface area (Å²) in [7, 11) is 3.63. The molecule has 0 radical (unpaired) electrons. The van der Waals surface area contributed by atoms with Gasteiger partial charge in [0.15, 0.2) is 0 Å². The van der Waals surface area contributed by atoms with E-state index in [2.05, 4.69) is 27.4 Å². The highest BCUT2D eigenvalue weighted by atomic mass is 16.5. The number of amides is 1. The summed E-state index contributed by atoms with van der Waals surface area (Å²) in [4.78, 5) is 30.6. The monoisotopic (exact) mass is 487 g/mol. The summed E-state index contributed by atoms with van der Waals surface area (Å²) in [5.41, 5.74) is 4.62. The first-order valence-electron chi connectivity index (χ1n) is 12.3. The quantitative estimate of drug-likeness (QED) is 0.495. The van der Waals surface area contributed by atoms with Crippen molar-refractivity contribution >= 4 is 34.9 Å². The van der Waals surface area contributed by atoms with Gasteiger partial charge < -0.3 is 25.2 Å². The van der Waals surface area contributed by atoms with E-state index in [1.165, 1.54) is 0 Å². The van der Waals surface area contributed by atoms with Crippen molar-refractivity contribution in [3.63, 3.8) is 0 Å². The summed E-state index contributed by atoms with van der Waals surface area (Å²) in [6.07, 6.45) is 3.42. The zero-order chi connectivity index (χ0) is 25.3. The number of aromatic nitrogens is 3. The third-order valence-corrected chi connectivity index (χ3v) is 6.89. The van der Waals surface area contributed by atoms with Gasteiger partial charge in [0.25, 0.3) is 0 Å². The Morgan fingerprint density at radius 1 is 1.17 bits per heavy atom. The maximum Gasteiger partial charge on any atom is 0.229 e. The summed E-state index contributed by atoms with van der Waals surface area (Å²) < 4.78 is 5.58. The molecule has 2 aliphatic rings. The molecule has 0 saturated carbocycles. The number of hydrogen-bond donors (Lipinski definition) is 2. The number of anilines is 5. The fourth-order valence-corrected chi connectivity index (χ4v) is 5.17. The van der Waals surface area contributed by atoms with Crippen molar-refractivity contribution in [1.29, 1.82) is 0 Å². The number of methoxy groups -OCH3 is 1. The topological polar surface area (TPSA) is 95.5 Å². The molecule has 3 aromatic rings. The summed E-state index contributed by atoms with van der Waals surface area (Å²) in [6, 6.07) is 12.1. The zero-order valence-corrected chi connectivity index (χ0v) is 21.3. The molecule has 1 atom stereocenters. The van der Waals surface area contributed by atoms with Crippen molar-refractivity contribution in [3.8, 4) is 0 Å². The fraction of sp³-hybridized carbons (Fsp3) is 0.407. The van der Waals surface area contributed by atoms with E-state index >= 15 is 0 Å². The first kappa shape index (κ1) is 24.1. The molecule has 1 saturated heterocycles. The van der Waals surface area contributed by atoms with Crippen LogP contribution in [0.3, 0.4) is 0 Å². The molecule has 1 aromatic carbocycles. The predicted molar refractivity (Wildman–Crippen MR) is 141 cm³/mol. The first-order valence-corrected chi connectivity index (χ1v) is 12.3. The van der Waals surface area contributed by atoms with Gasteiger partial charge in [0.1, 0.15) is 11.6 Å². The Labute approximate surface area is 211 Å². The highest BCUT2D eigenvalue weighted by Crippen LogP contribution is 2.43. The Hall–Kier alpha value is -3.56. The number of benzene rings is 1. The van der Waals surface area contributed by atoms with Crippen molar-refractivity contribution in [2.24, 2.45) is 0 Å². The average Bonchev–Trinajstić information content (AvgIpc) is 3.40. The van der Waals surface area contributed by atoms with Crippen molar-refractivity contribution < 1.29 is 9.53 Å². The summed E-state index contributed by atoms with van der Waals surface area (Å²) in [5, 5.41) is 6.52. The lowest BCUT2D eigenvalue weighted by Crippen LogP contribution is -2.33. The molecule has 36 heavy (non-hydrogen) atoms. The van der Waals surface area contributed by atoms with E-state index in [4.69, 9.17) is 14.7 Å². The van der Waals surface area contributed by atoms with Gasteiger partial charge in [0.05, 0.1) is 12.3 Å². The lowest BCUT2D eigenvalue weighted by Gasteiger charge is -2.24. The van der Waals surface area contributed by atoms with Crippen molar-refractivity contribution in [2.45, 2.75) is 38.6 Å². The van der Waals surface area contributed by atoms with Crippen LogP contribution in [0.2, 0.25) is 0 Å². The third kappa shape index (κ3) is 4.52. The minimum absolute atomic E-state index is 0.187. The van der Waals surface area contributed by atoms with Crippen molar-refractivity contribution in [2.75, 3.05) is 49.0 Å². The number of hydrogen-bond acceptors (Lipinski definition) is 8. The average molecular weight is 488 g/mol. The van der Waals surface area contributed by atoms with Crippen LogP contribution in [0.25, 0.3) is 0 Å². The molecule has 2 N–H and O–H groups in total. The van der Waals surface area contributed by atoms with E-state index < -0.39 is 0 Å². The number of ether oxygens (including phenoxy) is 1. The van der Waals surface area contributed by atoms with Gasteiger partial charge in [-0.3, -0.25) is 4.79 Å². The Morgan fingerprint density at radius 2 is 2.03 bits per heavy atom. The first-order chi connectivity index (χ1) is 17.4. The van der Waals surface area contributed by atoms with Crippen LogP contribution in [0, 0.1) is 6.92 Å². The molecule has 9 nitrogen and oxygen atoms in total. The number of carbonyl (C=O) groups excluding carboxylic acids is 1. The SMILES string of the molecule is CNCc1cccc(N2C[C@@](C)(COC)c3cnc(Nc4ccc(N5CCCC5=O)c(C)c4)nc32)n1. The predicted octanol–water partition coefficient (Wildman–Crippen LogP) is 3.83. The number of carbonyl (C=O) groups is 1. The second-order valence-corrected chi connectivity index (χ2v) is 9.80. The van der Waals surface area contributed by atoms with Crippen LogP contribution in [0.1, 0.15) is 36.6 Å². The van der Waals surface area contributed by atoms with Gasteiger partial charge in [-0.25, -0.2) is 9.97 Å². The summed E-state index contributed by atoms with van der Waals surface area (Å²) >= 11 is 0. The Bertz CT molecular complexity index is 1280. The number of aryl methyl sites for hydroxylation is 1. The lowest BCUT2D eigenvalue weighted by atomic mass is 9.87. The number of pyridine rings is 1. The van der Waals surface area contributed by atoms with Gasteiger partial charge in [0, 0.05) is 61.7 Å². The van der Waals surface area contributed by atoms with Gasteiger partial charge in [-0.05, 0) is 56.3 Å². The van der Waals surface area contributed by atoms with E-state index in [1.54, 1.807) is 7.11 Å². The molecule has 5 rings (SSSR count). The largest absolute Gasteiger partial charge is 0.384 e. The third-order valence-electron chi connectivity index (χ3n) is 6.89. The molecule has 0 aliphatic carbocycles. The molecule has 9 heteroatoms. The Balaban J connectivity index is 1.46. The van der Waals surface area contributed by atoms with E-state index in [0.29, 0.717) is 32.1 Å². The number of nitrogens with zero attached hydrogens (tertiary/aromatic N) is 5. The number of rotatable bonds is 8. The smallest absolute Gasteiger partial charge is 0.229 e. The van der Waals surface area contributed by atoms with Crippen LogP contribution >= 0.6 is 0 Å². The molecule has 0 bridgehead atoms. The molecule has 1 amide bonds. The van der Waals surface area contributed by atoms with Gasteiger partial charge in [-0.1, -0.05) is 13.0 Å². The molecule has 0 spiro atoms. The van der Waals surface area contributed by atoms with Crippen LogP contribution < -0.4 is 20.4 Å². The Morgan fingerprint density at radius 3 is 2.75 bits per heavy atom. The molecule has 188 valence electrons. The van der Waals surface area contributed by atoms with Crippen LogP contribution in [0.15, 0.2) is 42.6 Å². The van der Waals surface area contributed by atoms with Crippen LogP contribution in [0.5, 0.6) is 0 Å². The highest BCUT2D eigenvalue weighted by molar-refractivity contribution is 5.96. The van der Waals surface area contributed by atoms with E-state index in [1.807, 2.05) is 61.5 Å². The standard InChI is InChI=1S/C27H33N7O2/c1-18-13-19(10-11-22(18)33-12-6-9-24(33)35)31-26-29-15-21-25(32-26)34(16-27(21,2)17-36-4)23-8-5-7-20(30-23)14-28-3/h5,7-8,10-11,13,15,28H,6,9,12,14,16-17H2,1-4H3,(H,29,31,32)/t27-/m0/s1. The summed E-state index contributed by atoms with van der Waals surface area (Å²) in [5.74, 6) is 2.38.